The summed E-state index contributed by atoms with van der Waals surface area (Å²) in [6, 6.07) is 0. The third-order valence-electron chi connectivity index (χ3n) is 0.957. The first-order chi connectivity index (χ1) is 7.00. The quantitative estimate of drug-likeness (QED) is 0.211. The van der Waals surface area contributed by atoms with Crippen molar-refractivity contribution in [1.82, 2.24) is 10.6 Å². The number of hydrogen-bond donors (Lipinski definition) is 8. The fraction of sp³-hybridized carbons (Fsp3) is 1.00. The Labute approximate surface area is 94.9 Å². The van der Waals surface area contributed by atoms with Gasteiger partial charge in [-0.1, -0.05) is 0 Å². The normalized spacial score (nSPS) is 16.4. The maximum atomic E-state index is 9.55. The van der Waals surface area contributed by atoms with Gasteiger partial charge in [-0.25, -0.2) is 0 Å². The van der Waals surface area contributed by atoms with Crippen LogP contribution in [0, 0.1) is 0 Å². The van der Waals surface area contributed by atoms with E-state index in [2.05, 4.69) is 43.7 Å². The summed E-state index contributed by atoms with van der Waals surface area (Å²) in [7, 11) is -6.28. The van der Waals surface area contributed by atoms with Crippen LogP contribution in [-0.4, -0.2) is 26.2 Å². The molecule has 1 aliphatic heterocycles. The van der Waals surface area contributed by atoms with E-state index in [1.807, 2.05) is 0 Å². The van der Waals surface area contributed by atoms with Crippen molar-refractivity contribution in [2.45, 2.75) is 0 Å². The maximum absolute atomic E-state index is 9.55. The first-order valence-electron chi connectivity index (χ1n) is 4.33. The smallest absolute Gasteiger partial charge is 0.271 e. The molecule has 0 bridgehead atoms. The molecule has 0 aromatic rings. The number of nitrogens with one attached hydrogen (secondary N) is 2. The SMILES string of the molecule is C1CNCCN1.NP(N)(N)=O.NP(N)(N)=O. The van der Waals surface area contributed by atoms with Crippen LogP contribution in [0.2, 0.25) is 0 Å². The van der Waals surface area contributed by atoms with Crippen molar-refractivity contribution in [1.29, 1.82) is 0 Å². The summed E-state index contributed by atoms with van der Waals surface area (Å²) in [5.41, 5.74) is 26.8. The molecule has 12 heteroatoms. The van der Waals surface area contributed by atoms with Gasteiger partial charge in [0, 0.05) is 26.2 Å². The lowest BCUT2D eigenvalue weighted by Crippen LogP contribution is -2.39. The Morgan fingerprint density at radius 2 is 0.750 bits per heavy atom. The second kappa shape index (κ2) is 9.20. The van der Waals surface area contributed by atoms with Gasteiger partial charge in [0.1, 0.15) is 0 Å². The Bertz CT molecular complexity index is 196. The van der Waals surface area contributed by atoms with Crippen molar-refractivity contribution >= 4 is 15.2 Å². The van der Waals surface area contributed by atoms with Crippen LogP contribution in [0.4, 0.5) is 0 Å². The van der Waals surface area contributed by atoms with Gasteiger partial charge < -0.3 is 10.6 Å². The molecule has 10 nitrogen and oxygen atoms in total. The minimum absolute atomic E-state index is 1.14. The Balaban J connectivity index is 0. The van der Waals surface area contributed by atoms with Crippen LogP contribution in [0.15, 0.2) is 0 Å². The lowest BCUT2D eigenvalue weighted by atomic mass is 10.4. The third-order valence-corrected chi connectivity index (χ3v) is 0.957. The molecule has 0 aliphatic carbocycles. The lowest BCUT2D eigenvalue weighted by Gasteiger charge is -2.11. The molecule has 1 rings (SSSR count). The van der Waals surface area contributed by atoms with E-state index in [-0.39, 0.29) is 0 Å². The van der Waals surface area contributed by atoms with E-state index in [4.69, 9.17) is 0 Å². The zero-order valence-corrected chi connectivity index (χ0v) is 10.8. The van der Waals surface area contributed by atoms with Gasteiger partial charge in [0.05, 0.1) is 0 Å². The van der Waals surface area contributed by atoms with Crippen molar-refractivity contribution in [3.8, 4) is 0 Å². The van der Waals surface area contributed by atoms with E-state index in [9.17, 15) is 9.13 Å². The van der Waals surface area contributed by atoms with Crippen LogP contribution in [0.3, 0.4) is 0 Å². The lowest BCUT2D eigenvalue weighted by molar-refractivity contribution is 0.534. The first-order valence-corrected chi connectivity index (χ1v) is 8.16. The van der Waals surface area contributed by atoms with Gasteiger partial charge in [-0.3, -0.25) is 42.2 Å². The van der Waals surface area contributed by atoms with Gasteiger partial charge in [-0.2, -0.15) is 0 Å². The molecule has 100 valence electrons. The van der Waals surface area contributed by atoms with Crippen molar-refractivity contribution < 1.29 is 9.13 Å². The van der Waals surface area contributed by atoms with Crippen molar-refractivity contribution in [3.63, 3.8) is 0 Å². The van der Waals surface area contributed by atoms with E-state index >= 15 is 0 Å². The Morgan fingerprint density at radius 3 is 0.812 bits per heavy atom. The van der Waals surface area contributed by atoms with E-state index < -0.39 is 15.2 Å². The average molecular weight is 276 g/mol. The van der Waals surface area contributed by atoms with E-state index in [0.29, 0.717) is 0 Å². The van der Waals surface area contributed by atoms with Crippen LogP contribution in [0.25, 0.3) is 0 Å². The second-order valence-corrected chi connectivity index (χ2v) is 6.08. The van der Waals surface area contributed by atoms with Crippen LogP contribution >= 0.6 is 15.2 Å². The van der Waals surface area contributed by atoms with Crippen molar-refractivity contribution in [2.75, 3.05) is 26.2 Å². The molecule has 14 N–H and O–H groups in total. The van der Waals surface area contributed by atoms with E-state index in [1.54, 1.807) is 0 Å². The molecule has 0 aromatic carbocycles. The molecular formula is C4H22N8O2P2. The molecule has 1 aliphatic rings. The zero-order chi connectivity index (χ0) is 13.2. The van der Waals surface area contributed by atoms with Gasteiger partial charge in [0.15, 0.2) is 0 Å². The molecule has 1 fully saturated rings. The van der Waals surface area contributed by atoms with Gasteiger partial charge in [-0.05, 0) is 0 Å². The summed E-state index contributed by atoms with van der Waals surface area (Å²) >= 11 is 0. The summed E-state index contributed by atoms with van der Waals surface area (Å²) in [5.74, 6) is 0. The standard InChI is InChI=1S/C4H10N2.2H6N3OP/c1-2-6-4-3-5-1;2*1-5(2,3)4/h5-6H,1-4H2;2*(H6,1,2,3,4). The van der Waals surface area contributed by atoms with Crippen molar-refractivity contribution in [2.24, 2.45) is 33.0 Å². The van der Waals surface area contributed by atoms with Crippen LogP contribution in [0.1, 0.15) is 0 Å². The highest BCUT2D eigenvalue weighted by atomic mass is 31.2. The molecule has 0 atom stereocenters. The Morgan fingerprint density at radius 1 is 0.625 bits per heavy atom. The van der Waals surface area contributed by atoms with E-state index in [0.717, 1.165) is 26.2 Å². The molecular weight excluding hydrogens is 254 g/mol. The molecule has 0 unspecified atom stereocenters. The topological polar surface area (TPSA) is 214 Å². The monoisotopic (exact) mass is 276 g/mol. The van der Waals surface area contributed by atoms with Crippen molar-refractivity contribution in [3.05, 3.63) is 0 Å². The largest absolute Gasteiger partial charge is 0.314 e. The second-order valence-electron chi connectivity index (χ2n) is 3.03. The van der Waals surface area contributed by atoms with Crippen LogP contribution < -0.4 is 43.7 Å². The first kappa shape index (κ1) is 18.5. The Hall–Kier alpha value is 0.140. The summed E-state index contributed by atoms with van der Waals surface area (Å²) < 4.78 is 19.1. The number of piperazine rings is 1. The minimum Gasteiger partial charge on any atom is -0.314 e. The number of hydrogen-bond acceptors (Lipinski definition) is 4. The predicted octanol–water partition coefficient (Wildman–Crippen LogP) is -2.88. The summed E-state index contributed by atoms with van der Waals surface area (Å²) in [6.07, 6.45) is 0. The molecule has 1 saturated heterocycles. The molecule has 0 amide bonds. The molecule has 1 heterocycles. The van der Waals surface area contributed by atoms with Crippen LogP contribution in [0.5, 0.6) is 0 Å². The fourth-order valence-electron chi connectivity index (χ4n) is 0.604. The van der Waals surface area contributed by atoms with Gasteiger partial charge >= 0.3 is 0 Å². The van der Waals surface area contributed by atoms with Crippen LogP contribution in [-0.2, 0) is 9.13 Å². The third kappa shape index (κ3) is 64.8. The molecule has 0 spiro atoms. The fourth-order valence-corrected chi connectivity index (χ4v) is 0.604. The highest BCUT2D eigenvalue weighted by molar-refractivity contribution is 7.56. The van der Waals surface area contributed by atoms with E-state index in [1.165, 1.54) is 0 Å². The number of nitrogens with two attached hydrogens (primary N) is 6. The summed E-state index contributed by atoms with van der Waals surface area (Å²) in [5, 5.41) is 6.44. The van der Waals surface area contributed by atoms with Gasteiger partial charge in [0.25, 0.3) is 15.2 Å². The maximum Gasteiger partial charge on any atom is 0.271 e. The van der Waals surface area contributed by atoms with Gasteiger partial charge in [0.2, 0.25) is 0 Å². The predicted molar refractivity (Wildman–Crippen MR) is 66.1 cm³/mol. The highest BCUT2D eigenvalue weighted by Crippen LogP contribution is 2.07. The number of rotatable bonds is 0. The highest BCUT2D eigenvalue weighted by Gasteiger charge is 1.91. The average Bonchev–Trinajstić information content (AvgIpc) is 2.01. The Kier molecular flexibility index (Phi) is 10.6. The summed E-state index contributed by atoms with van der Waals surface area (Å²) in [6.45, 7) is 4.56. The van der Waals surface area contributed by atoms with Gasteiger partial charge in [-0.15, -0.1) is 0 Å². The zero-order valence-electron chi connectivity index (χ0n) is 9.00. The molecule has 0 aromatic heterocycles. The molecule has 0 saturated carbocycles. The minimum atomic E-state index is -3.14. The summed E-state index contributed by atoms with van der Waals surface area (Å²) in [4.78, 5) is 0. The molecule has 0 radical (unpaired) electrons. The molecule has 16 heavy (non-hydrogen) atoms.